The predicted octanol–water partition coefficient (Wildman–Crippen LogP) is 1.77. The maximum absolute atomic E-state index is 12.5. The summed E-state index contributed by atoms with van der Waals surface area (Å²) >= 11 is 1.27. The van der Waals surface area contributed by atoms with Crippen LogP contribution in [0, 0.1) is 0 Å². The fraction of sp³-hybridized carbons (Fsp3) is 0.294. The van der Waals surface area contributed by atoms with Crippen LogP contribution in [0.1, 0.15) is 16.6 Å². The molecular formula is C17H21N3O5S2. The fourth-order valence-corrected chi connectivity index (χ4v) is 3.81. The van der Waals surface area contributed by atoms with Gasteiger partial charge < -0.3 is 15.4 Å². The fourth-order valence-electron chi connectivity index (χ4n) is 2.12. The van der Waals surface area contributed by atoms with Gasteiger partial charge in [-0.15, -0.1) is 11.3 Å². The second kappa shape index (κ2) is 8.98. The van der Waals surface area contributed by atoms with E-state index in [1.165, 1.54) is 37.6 Å². The number of ether oxygens (including phenoxy) is 1. The SMILES string of the molecule is CCOc1ccc(NC(=O)CNC(=O)c2cccs2)cc1S(=O)(=O)N(C)C. The van der Waals surface area contributed by atoms with Crippen LogP contribution in [0.25, 0.3) is 0 Å². The second-order valence-corrected chi connectivity index (χ2v) is 8.66. The lowest BCUT2D eigenvalue weighted by Crippen LogP contribution is -2.32. The first kappa shape index (κ1) is 20.9. The van der Waals surface area contributed by atoms with E-state index in [0.29, 0.717) is 11.5 Å². The van der Waals surface area contributed by atoms with Gasteiger partial charge in [0.15, 0.2) is 0 Å². The normalized spacial score (nSPS) is 11.3. The molecule has 0 saturated carbocycles. The van der Waals surface area contributed by atoms with Gasteiger partial charge in [-0.1, -0.05) is 6.07 Å². The molecule has 0 spiro atoms. The van der Waals surface area contributed by atoms with Crippen LogP contribution < -0.4 is 15.4 Å². The van der Waals surface area contributed by atoms with Crippen molar-refractivity contribution >= 4 is 38.9 Å². The summed E-state index contributed by atoms with van der Waals surface area (Å²) in [5.74, 6) is -0.616. The summed E-state index contributed by atoms with van der Waals surface area (Å²) in [5, 5.41) is 6.85. The summed E-state index contributed by atoms with van der Waals surface area (Å²) in [6.45, 7) is 1.81. The van der Waals surface area contributed by atoms with Crippen molar-refractivity contribution in [2.75, 3.05) is 32.6 Å². The molecule has 27 heavy (non-hydrogen) atoms. The Labute approximate surface area is 162 Å². The number of anilines is 1. The van der Waals surface area contributed by atoms with Crippen LogP contribution in [0.15, 0.2) is 40.6 Å². The third-order valence-corrected chi connectivity index (χ3v) is 6.15. The van der Waals surface area contributed by atoms with Crippen molar-refractivity contribution in [1.29, 1.82) is 0 Å². The Hall–Kier alpha value is -2.43. The van der Waals surface area contributed by atoms with E-state index in [1.54, 1.807) is 30.5 Å². The van der Waals surface area contributed by atoms with E-state index < -0.39 is 15.9 Å². The van der Waals surface area contributed by atoms with Crippen molar-refractivity contribution in [1.82, 2.24) is 9.62 Å². The molecule has 0 saturated heterocycles. The number of carbonyl (C=O) groups excluding carboxylic acids is 2. The van der Waals surface area contributed by atoms with Crippen molar-refractivity contribution in [3.05, 3.63) is 40.6 Å². The quantitative estimate of drug-likeness (QED) is 0.689. The largest absolute Gasteiger partial charge is 0.492 e. The highest BCUT2D eigenvalue weighted by atomic mass is 32.2. The molecule has 1 aromatic heterocycles. The molecule has 1 heterocycles. The summed E-state index contributed by atoms with van der Waals surface area (Å²) < 4.78 is 31.4. The zero-order valence-corrected chi connectivity index (χ0v) is 16.8. The van der Waals surface area contributed by atoms with Crippen LogP contribution in [0.2, 0.25) is 0 Å². The Morgan fingerprint density at radius 2 is 1.96 bits per heavy atom. The van der Waals surface area contributed by atoms with Gasteiger partial charge in [0.25, 0.3) is 5.91 Å². The van der Waals surface area contributed by atoms with Gasteiger partial charge in [0.05, 0.1) is 18.0 Å². The number of benzene rings is 1. The average Bonchev–Trinajstić information content (AvgIpc) is 3.15. The highest BCUT2D eigenvalue weighted by molar-refractivity contribution is 7.89. The number of nitrogens with zero attached hydrogens (tertiary/aromatic N) is 1. The first-order chi connectivity index (χ1) is 12.8. The van der Waals surface area contributed by atoms with Crippen LogP contribution in [-0.2, 0) is 14.8 Å². The van der Waals surface area contributed by atoms with Crippen LogP contribution in [0.5, 0.6) is 5.75 Å². The van der Waals surface area contributed by atoms with E-state index in [2.05, 4.69) is 10.6 Å². The smallest absolute Gasteiger partial charge is 0.261 e. The number of hydrogen-bond acceptors (Lipinski definition) is 6. The van der Waals surface area contributed by atoms with Crippen LogP contribution in [-0.4, -0.2) is 51.8 Å². The molecule has 2 rings (SSSR count). The predicted molar refractivity (Wildman–Crippen MR) is 104 cm³/mol. The van der Waals surface area contributed by atoms with Crippen LogP contribution in [0.4, 0.5) is 5.69 Å². The Morgan fingerprint density at radius 1 is 1.22 bits per heavy atom. The Bertz CT molecular complexity index is 909. The van der Waals surface area contributed by atoms with Crippen molar-refractivity contribution in [3.8, 4) is 5.75 Å². The van der Waals surface area contributed by atoms with Gasteiger partial charge >= 0.3 is 0 Å². The summed E-state index contributed by atoms with van der Waals surface area (Å²) in [6, 6.07) is 7.76. The maximum atomic E-state index is 12.5. The zero-order chi connectivity index (χ0) is 20.0. The Morgan fingerprint density at radius 3 is 2.56 bits per heavy atom. The molecule has 0 atom stereocenters. The number of carbonyl (C=O) groups is 2. The van der Waals surface area contributed by atoms with Crippen LogP contribution in [0.3, 0.4) is 0 Å². The van der Waals surface area contributed by atoms with E-state index in [0.717, 1.165) is 4.31 Å². The molecule has 0 aliphatic heterocycles. The molecule has 0 aliphatic carbocycles. The van der Waals surface area contributed by atoms with Crippen molar-refractivity contribution < 1.29 is 22.7 Å². The van der Waals surface area contributed by atoms with Gasteiger partial charge in [0.2, 0.25) is 15.9 Å². The number of thiophene rings is 1. The molecule has 0 radical (unpaired) electrons. The van der Waals surface area contributed by atoms with E-state index in [1.807, 2.05) is 0 Å². The minimum atomic E-state index is -3.75. The van der Waals surface area contributed by atoms with Crippen molar-refractivity contribution in [2.45, 2.75) is 11.8 Å². The van der Waals surface area contributed by atoms with E-state index in [-0.39, 0.29) is 28.8 Å². The number of amides is 2. The second-order valence-electron chi connectivity index (χ2n) is 5.59. The van der Waals surface area contributed by atoms with Gasteiger partial charge in [0.1, 0.15) is 10.6 Å². The highest BCUT2D eigenvalue weighted by Crippen LogP contribution is 2.29. The number of sulfonamides is 1. The Kier molecular flexibility index (Phi) is 6.94. The Balaban J connectivity index is 2.12. The number of nitrogens with one attached hydrogen (secondary N) is 2. The minimum absolute atomic E-state index is 0.0465. The van der Waals surface area contributed by atoms with Crippen LogP contribution >= 0.6 is 11.3 Å². The first-order valence-electron chi connectivity index (χ1n) is 8.06. The molecule has 2 amide bonds. The summed E-state index contributed by atoms with van der Waals surface area (Å²) in [4.78, 5) is 24.4. The van der Waals surface area contributed by atoms with Gasteiger partial charge in [-0.05, 0) is 36.6 Å². The van der Waals surface area contributed by atoms with Gasteiger partial charge in [0, 0.05) is 19.8 Å². The average molecular weight is 412 g/mol. The molecule has 0 aliphatic rings. The van der Waals surface area contributed by atoms with Gasteiger partial charge in [-0.3, -0.25) is 9.59 Å². The van der Waals surface area contributed by atoms with Crippen molar-refractivity contribution in [3.63, 3.8) is 0 Å². The lowest BCUT2D eigenvalue weighted by Gasteiger charge is -2.16. The third-order valence-electron chi connectivity index (χ3n) is 3.44. The lowest BCUT2D eigenvalue weighted by molar-refractivity contribution is -0.115. The molecule has 10 heteroatoms. The number of hydrogen-bond donors (Lipinski definition) is 2. The maximum Gasteiger partial charge on any atom is 0.261 e. The molecule has 1 aromatic carbocycles. The number of rotatable bonds is 8. The van der Waals surface area contributed by atoms with E-state index in [4.69, 9.17) is 4.74 Å². The molecular weight excluding hydrogens is 390 g/mol. The molecule has 0 fully saturated rings. The minimum Gasteiger partial charge on any atom is -0.492 e. The first-order valence-corrected chi connectivity index (χ1v) is 10.4. The monoisotopic (exact) mass is 411 g/mol. The topological polar surface area (TPSA) is 105 Å². The van der Waals surface area contributed by atoms with Gasteiger partial charge in [-0.25, -0.2) is 12.7 Å². The molecule has 0 bridgehead atoms. The molecule has 0 unspecified atom stereocenters. The summed E-state index contributed by atoms with van der Waals surface area (Å²) in [7, 11) is -0.928. The third kappa shape index (κ3) is 5.28. The highest BCUT2D eigenvalue weighted by Gasteiger charge is 2.23. The molecule has 146 valence electrons. The lowest BCUT2D eigenvalue weighted by atomic mass is 10.3. The molecule has 2 N–H and O–H groups in total. The van der Waals surface area contributed by atoms with Gasteiger partial charge in [-0.2, -0.15) is 0 Å². The van der Waals surface area contributed by atoms with Crippen molar-refractivity contribution in [2.24, 2.45) is 0 Å². The molecule has 2 aromatic rings. The van der Waals surface area contributed by atoms with E-state index in [9.17, 15) is 18.0 Å². The summed E-state index contributed by atoms with van der Waals surface area (Å²) in [5.41, 5.74) is 0.286. The summed E-state index contributed by atoms with van der Waals surface area (Å²) in [6.07, 6.45) is 0. The zero-order valence-electron chi connectivity index (χ0n) is 15.2. The standard InChI is InChI=1S/C17H21N3O5S2/c1-4-25-13-8-7-12(10-15(13)27(23,24)20(2)3)19-16(21)11-18-17(22)14-6-5-9-26-14/h5-10H,4,11H2,1-3H3,(H,18,22)(H,19,21). The van der Waals surface area contributed by atoms with E-state index >= 15 is 0 Å². The molecule has 8 nitrogen and oxygen atoms in total.